The monoisotopic (exact) mass is 329 g/mol. The molecule has 0 saturated heterocycles. The summed E-state index contributed by atoms with van der Waals surface area (Å²) in [6.45, 7) is 0. The minimum atomic E-state index is -4.80. The summed E-state index contributed by atoms with van der Waals surface area (Å²) in [5, 5.41) is 19.5. The highest BCUT2D eigenvalue weighted by Gasteiger charge is 2.35. The van der Waals surface area contributed by atoms with Crippen LogP contribution in [-0.4, -0.2) is 26.6 Å². The Kier molecular flexibility index (Phi) is 4.94. The highest BCUT2D eigenvalue weighted by molar-refractivity contribution is 9.09. The molecule has 3 N–H and O–H groups in total. The third-order valence-corrected chi connectivity index (χ3v) is 2.80. The first-order valence-electron chi connectivity index (χ1n) is 4.99. The normalized spacial score (nSPS) is 15.4. The Morgan fingerprint density at radius 1 is 1.39 bits per heavy atom. The minimum Gasteiger partial charge on any atom is -0.390 e. The molecule has 1 heterocycles. The van der Waals surface area contributed by atoms with Crippen molar-refractivity contribution in [3.8, 4) is 0 Å². The van der Waals surface area contributed by atoms with Crippen LogP contribution in [0.5, 0.6) is 0 Å². The second-order valence-electron chi connectivity index (χ2n) is 3.66. The average Bonchev–Trinajstić information content (AvgIpc) is 2.27. The summed E-state index contributed by atoms with van der Waals surface area (Å²) in [7, 11) is 0. The number of hydrogen-bond donors (Lipinski definition) is 3. The van der Waals surface area contributed by atoms with Crippen molar-refractivity contribution in [2.24, 2.45) is 0 Å². The van der Waals surface area contributed by atoms with Gasteiger partial charge in [-0.05, 0) is 18.1 Å². The summed E-state index contributed by atoms with van der Waals surface area (Å²) in [6.07, 6.45) is -6.37. The fraction of sp³-hybridized carbons (Fsp3) is 0.500. The molecule has 4 nitrogen and oxygen atoms in total. The maximum atomic E-state index is 12.5. The molecule has 2 unspecified atom stereocenters. The summed E-state index contributed by atoms with van der Waals surface area (Å²) < 4.78 is 37.4. The van der Waals surface area contributed by atoms with Gasteiger partial charge >= 0.3 is 6.18 Å². The van der Waals surface area contributed by atoms with E-state index in [4.69, 9.17) is 0 Å². The van der Waals surface area contributed by atoms with Gasteiger partial charge in [0.15, 0.2) is 0 Å². The van der Waals surface area contributed by atoms with Crippen LogP contribution in [0.2, 0.25) is 0 Å². The van der Waals surface area contributed by atoms with Gasteiger partial charge in [0.05, 0.1) is 6.10 Å². The summed E-state index contributed by atoms with van der Waals surface area (Å²) in [5.74, 6) is 0. The maximum absolute atomic E-state index is 12.5. The molecule has 0 fully saturated rings. The Morgan fingerprint density at radius 2 is 2.00 bits per heavy atom. The van der Waals surface area contributed by atoms with Crippen LogP contribution in [0.1, 0.15) is 23.7 Å². The van der Waals surface area contributed by atoms with Crippen molar-refractivity contribution in [2.45, 2.75) is 24.8 Å². The zero-order valence-corrected chi connectivity index (χ0v) is 10.6. The largest absolute Gasteiger partial charge is 0.421 e. The van der Waals surface area contributed by atoms with Gasteiger partial charge in [0, 0.05) is 11.5 Å². The predicted octanol–water partition coefficient (Wildman–Crippen LogP) is 1.57. The lowest BCUT2D eigenvalue weighted by Crippen LogP contribution is -2.24. The van der Waals surface area contributed by atoms with Crippen molar-refractivity contribution in [1.29, 1.82) is 0 Å². The average molecular weight is 330 g/mol. The van der Waals surface area contributed by atoms with Gasteiger partial charge < -0.3 is 15.2 Å². The van der Waals surface area contributed by atoms with Crippen molar-refractivity contribution in [2.75, 3.05) is 5.33 Å². The SMILES string of the molecule is O=c1[nH]cc(C(O)C(O)CCBr)cc1C(F)(F)F. The van der Waals surface area contributed by atoms with Gasteiger partial charge in [-0.3, -0.25) is 4.79 Å². The molecule has 2 atom stereocenters. The van der Waals surface area contributed by atoms with E-state index in [1.54, 1.807) is 0 Å². The van der Waals surface area contributed by atoms with Crippen LogP contribution in [0, 0.1) is 0 Å². The highest BCUT2D eigenvalue weighted by Crippen LogP contribution is 2.28. The molecular formula is C10H11BrF3NO3. The maximum Gasteiger partial charge on any atom is 0.421 e. The minimum absolute atomic E-state index is 0.168. The third-order valence-electron chi connectivity index (χ3n) is 2.34. The van der Waals surface area contributed by atoms with E-state index in [1.807, 2.05) is 4.98 Å². The molecule has 102 valence electrons. The Balaban J connectivity index is 3.09. The number of aromatic amines is 1. The third kappa shape index (κ3) is 3.56. The topological polar surface area (TPSA) is 73.3 Å². The van der Waals surface area contributed by atoms with Crippen LogP contribution in [0.25, 0.3) is 0 Å². The van der Waals surface area contributed by atoms with Crippen molar-refractivity contribution >= 4 is 15.9 Å². The fourth-order valence-electron chi connectivity index (χ4n) is 1.37. The first-order valence-corrected chi connectivity index (χ1v) is 6.11. The fourth-order valence-corrected chi connectivity index (χ4v) is 1.84. The lowest BCUT2D eigenvalue weighted by Gasteiger charge is -2.18. The van der Waals surface area contributed by atoms with Gasteiger partial charge in [-0.15, -0.1) is 0 Å². The lowest BCUT2D eigenvalue weighted by molar-refractivity contribution is -0.138. The molecule has 18 heavy (non-hydrogen) atoms. The van der Waals surface area contributed by atoms with Crippen molar-refractivity contribution in [1.82, 2.24) is 4.98 Å². The summed E-state index contributed by atoms with van der Waals surface area (Å²) >= 11 is 3.04. The number of nitrogens with one attached hydrogen (secondary N) is 1. The van der Waals surface area contributed by atoms with E-state index in [0.29, 0.717) is 11.4 Å². The number of aromatic nitrogens is 1. The van der Waals surface area contributed by atoms with Crippen LogP contribution < -0.4 is 5.56 Å². The Morgan fingerprint density at radius 3 is 2.50 bits per heavy atom. The number of pyridine rings is 1. The van der Waals surface area contributed by atoms with Gasteiger partial charge in [-0.25, -0.2) is 0 Å². The molecule has 0 bridgehead atoms. The lowest BCUT2D eigenvalue weighted by atomic mass is 10.0. The van der Waals surface area contributed by atoms with Crippen LogP contribution >= 0.6 is 15.9 Å². The molecule has 1 rings (SSSR count). The quantitative estimate of drug-likeness (QED) is 0.734. The second kappa shape index (κ2) is 5.85. The van der Waals surface area contributed by atoms with E-state index in [-0.39, 0.29) is 12.0 Å². The summed E-state index contributed by atoms with van der Waals surface area (Å²) in [5.41, 5.74) is -2.87. The molecule has 1 aromatic rings. The molecule has 8 heteroatoms. The molecular weight excluding hydrogens is 319 g/mol. The number of H-pyrrole nitrogens is 1. The molecule has 0 spiro atoms. The molecule has 0 aliphatic carbocycles. The van der Waals surface area contributed by atoms with Crippen LogP contribution in [0.4, 0.5) is 13.2 Å². The molecule has 0 aliphatic rings. The van der Waals surface area contributed by atoms with Crippen molar-refractivity contribution < 1.29 is 23.4 Å². The predicted molar refractivity (Wildman–Crippen MR) is 61.4 cm³/mol. The Bertz CT molecular complexity index is 460. The Labute approximate surface area is 109 Å². The molecule has 0 amide bonds. The molecule has 0 radical (unpaired) electrons. The molecule has 1 aromatic heterocycles. The molecule has 0 saturated carbocycles. The summed E-state index contributed by atoms with van der Waals surface area (Å²) in [4.78, 5) is 12.9. The van der Waals surface area contributed by atoms with Crippen LogP contribution in [0.3, 0.4) is 0 Å². The van der Waals surface area contributed by atoms with Crippen molar-refractivity contribution in [3.05, 3.63) is 33.7 Å². The number of rotatable bonds is 4. The highest BCUT2D eigenvalue weighted by atomic mass is 79.9. The van der Waals surface area contributed by atoms with E-state index < -0.39 is 29.5 Å². The van der Waals surface area contributed by atoms with E-state index in [1.165, 1.54) is 0 Å². The zero-order chi connectivity index (χ0) is 13.9. The Hall–Kier alpha value is -0.860. The number of hydrogen-bond acceptors (Lipinski definition) is 3. The number of aliphatic hydroxyl groups excluding tert-OH is 2. The van der Waals surface area contributed by atoms with Gasteiger partial charge in [0.2, 0.25) is 0 Å². The van der Waals surface area contributed by atoms with Gasteiger partial charge in [0.1, 0.15) is 11.7 Å². The van der Waals surface area contributed by atoms with Gasteiger partial charge in [-0.2, -0.15) is 13.2 Å². The van der Waals surface area contributed by atoms with Crippen LogP contribution in [0.15, 0.2) is 17.1 Å². The van der Waals surface area contributed by atoms with Gasteiger partial charge in [0.25, 0.3) is 5.56 Å². The number of aliphatic hydroxyl groups is 2. The molecule has 0 aliphatic heterocycles. The standard InChI is InChI=1S/C10H11BrF3NO3/c11-2-1-7(16)8(17)5-3-6(10(12,13)14)9(18)15-4-5/h3-4,7-8,16-17H,1-2H2,(H,15,18). The summed E-state index contributed by atoms with van der Waals surface area (Å²) in [6, 6.07) is 0.543. The van der Waals surface area contributed by atoms with Crippen LogP contribution in [-0.2, 0) is 6.18 Å². The number of halogens is 4. The van der Waals surface area contributed by atoms with Crippen molar-refractivity contribution in [3.63, 3.8) is 0 Å². The van der Waals surface area contributed by atoms with E-state index in [9.17, 15) is 28.2 Å². The van der Waals surface area contributed by atoms with E-state index in [0.717, 1.165) is 6.20 Å². The zero-order valence-electron chi connectivity index (χ0n) is 9.04. The number of alkyl halides is 4. The van der Waals surface area contributed by atoms with E-state index >= 15 is 0 Å². The first-order chi connectivity index (χ1) is 8.27. The smallest absolute Gasteiger partial charge is 0.390 e. The molecule has 0 aromatic carbocycles. The van der Waals surface area contributed by atoms with E-state index in [2.05, 4.69) is 15.9 Å². The second-order valence-corrected chi connectivity index (χ2v) is 4.46. The first kappa shape index (κ1) is 15.2. The van der Waals surface area contributed by atoms with Gasteiger partial charge in [-0.1, -0.05) is 15.9 Å².